The molecule has 0 saturated carbocycles. The third-order valence-electron chi connectivity index (χ3n) is 27.7. The molecule has 1 N–H and O–H groups in total. The summed E-state index contributed by atoms with van der Waals surface area (Å²) in [4.78, 5) is 146. The second-order valence-corrected chi connectivity index (χ2v) is 36.9. The van der Waals surface area contributed by atoms with Gasteiger partial charge in [0.25, 0.3) is 5.67 Å². The number of cyclic esters (lactones) is 2. The van der Waals surface area contributed by atoms with Crippen LogP contribution in [0, 0.1) is 41.4 Å². The fourth-order valence-electron chi connectivity index (χ4n) is 20.5. The van der Waals surface area contributed by atoms with E-state index >= 15 is 9.18 Å². The molecule has 0 bridgehead atoms. The van der Waals surface area contributed by atoms with Crippen molar-refractivity contribution in [3.63, 3.8) is 0 Å². The Morgan fingerprint density at radius 1 is 0.536 bits per heavy atom. The number of aliphatic hydroxyl groups is 1. The molecule has 6 saturated heterocycles. The van der Waals surface area contributed by atoms with Crippen molar-refractivity contribution < 1.29 is 105 Å². The van der Waals surface area contributed by atoms with Crippen molar-refractivity contribution in [1.82, 2.24) is 29.6 Å². The van der Waals surface area contributed by atoms with Crippen molar-refractivity contribution in [1.29, 1.82) is 0 Å². The van der Waals surface area contributed by atoms with Crippen molar-refractivity contribution in [3.05, 3.63) is 120 Å². The number of hydrogen-bond acceptors (Lipinski definition) is 25. The van der Waals surface area contributed by atoms with Gasteiger partial charge in [-0.05, 0) is 196 Å². The first-order chi connectivity index (χ1) is 59.1. The van der Waals surface area contributed by atoms with Crippen LogP contribution in [0.3, 0.4) is 0 Å². The monoisotopic (exact) mass is 1740 g/mol. The number of carbonyl (C=O) groups excluding carboxylic acids is 9. The Balaban J connectivity index is 0.000000263. The Morgan fingerprint density at radius 3 is 1.42 bits per heavy atom. The third-order valence-corrected chi connectivity index (χ3v) is 27.7. The number of alkyl halides is 1. The average molecular weight is 1740 g/mol. The lowest BCUT2D eigenvalue weighted by Crippen LogP contribution is -2.62. The predicted molar refractivity (Wildman–Crippen MR) is 468 cm³/mol. The van der Waals surface area contributed by atoms with E-state index in [-0.39, 0.29) is 80.9 Å². The first-order valence-corrected chi connectivity index (χ1v) is 45.1. The number of pyridine rings is 2. The molecule has 2 unspecified atom stereocenters. The van der Waals surface area contributed by atoms with Crippen molar-refractivity contribution in [2.45, 2.75) is 314 Å². The van der Waals surface area contributed by atoms with Crippen LogP contribution in [0.15, 0.2) is 103 Å². The molecule has 28 heteroatoms. The minimum Gasteiger partial charge on any atom is -0.457 e. The first-order valence-electron chi connectivity index (χ1n) is 45.1. The summed E-state index contributed by atoms with van der Waals surface area (Å²) in [7, 11) is 10.4. The lowest BCUT2D eigenvalue weighted by Gasteiger charge is -2.48. The van der Waals surface area contributed by atoms with Crippen LogP contribution in [0.25, 0.3) is 21.8 Å². The number of nitrogens with zero attached hydrogens (tertiary/aromatic N) is 6. The second-order valence-electron chi connectivity index (χ2n) is 36.9. The number of para-hydroxylation sites is 2. The molecule has 27 nitrogen and oxygen atoms in total. The Kier molecular flexibility index (Phi) is 33.1. The highest BCUT2D eigenvalue weighted by Gasteiger charge is 2.65. The zero-order chi connectivity index (χ0) is 91.7. The maximum atomic E-state index is 17.0. The number of ether oxygens (including phenoxy) is 11. The maximum Gasteiger partial charge on any atom is 0.410 e. The van der Waals surface area contributed by atoms with Gasteiger partial charge >= 0.3 is 30.1 Å². The van der Waals surface area contributed by atoms with E-state index in [1.54, 1.807) is 82.5 Å². The number of rotatable bonds is 24. The van der Waals surface area contributed by atoms with E-state index in [1.165, 1.54) is 28.1 Å². The molecule has 5 aromatic rings. The SMILES string of the molecule is CC[C@H]1OC(=O)[C@@](C)(F)C(=O)[C@H](C)[C@@H](OC2O[C@H](C)C[C@H](N(C)C)[C@H]2O)[C@@](C)(OC)C[C@@H](C)C(=O)[C@H](C)[C@H]2N(CCCCc3ccc4ccccc4n3)C(=O)O[C@]12CC.CC[C@H]1OC(=O)[C@H](C)C(=O)[C@H](C)[C@@H](OC2O[C@H](C)C[C@H](N(C)C)[C@H]2OC(=O)c2ccccc2)[C@@](C)(OC)C[C@@H](C)C(=O)[C@H](C)[C@H]2N(CCCCc3ccc4ccccc4n3)C(=O)O[C@]12CC. The standard InChI is InChI=1S/C52H71N3O11.C45H66FN3O10/c1-12-41-52(13-2)45(55(50(60)66-52)28-20-19-24-38-27-26-36-21-17-18-25-39(36)53-38)33(5)42(56)31(3)30-51(8,61-11)46(34(6)43(57)35(7)47(58)63-41)65-49-44(40(54(9)10)29-32(4)62-49)64-48(59)37-22-15-14-16-23-37;1-12-34-45(13-2)37(49(42(54)59-45)23-17-16-19-31-22-21-30-18-14-15-20-32(30)47-31)28(5)35(50)26(3)25-43(7,55-11)39(29(6)38(52)44(8,46)41(53)57-34)58-40-36(51)33(48(9)10)24-27(4)56-40/h14-18,21-23,25-27,31-35,40-41,44-46,49H,12-13,19-20,24,28-30H2,1-11H3;14-15,18,20-22,26-29,33-34,36-37,39-40,51H,12-13,16-17,19,23-25H2,1-11H3/t31-,32-,33+,34+,35-,40+,41-,44-,45-,46-,49?,51+,52-;26-,27-,28+,29+,33+,34-,36-,37-,39-,40?,43+,44+,45-/m11/s1. The Morgan fingerprint density at radius 2 is 0.968 bits per heavy atom. The molecule has 0 spiro atoms. The summed E-state index contributed by atoms with van der Waals surface area (Å²) in [5.41, 5.74) is -4.83. The van der Waals surface area contributed by atoms with Crippen LogP contribution in [-0.2, 0) is 93.7 Å². The van der Waals surface area contributed by atoms with Gasteiger partial charge in [0.05, 0.1) is 70.3 Å². The summed E-state index contributed by atoms with van der Waals surface area (Å²) >= 11 is 0. The number of carbonyl (C=O) groups is 9. The zero-order valence-corrected chi connectivity index (χ0v) is 77.4. The summed E-state index contributed by atoms with van der Waals surface area (Å²) in [6.45, 7) is 27.6. The number of aryl methyl sites for hydroxylation is 2. The number of ketones is 4. The summed E-state index contributed by atoms with van der Waals surface area (Å²) in [5, 5.41) is 13.5. The van der Waals surface area contributed by atoms with Crippen LogP contribution in [0.2, 0.25) is 0 Å². The van der Waals surface area contributed by atoms with Gasteiger partial charge < -0.3 is 76.8 Å². The van der Waals surface area contributed by atoms with Crippen molar-refractivity contribution in [2.75, 3.05) is 55.5 Å². The van der Waals surface area contributed by atoms with E-state index in [1.807, 2.05) is 152 Å². The van der Waals surface area contributed by atoms with Crippen LogP contribution in [0.5, 0.6) is 0 Å². The molecule has 125 heavy (non-hydrogen) atoms. The number of esters is 3. The fourth-order valence-corrected chi connectivity index (χ4v) is 20.5. The molecule has 3 aromatic carbocycles. The molecule has 6 aliphatic heterocycles. The second kappa shape index (κ2) is 41.8. The van der Waals surface area contributed by atoms with E-state index in [2.05, 4.69) is 6.07 Å². The molecule has 6 fully saturated rings. The van der Waals surface area contributed by atoms with Gasteiger partial charge in [-0.25, -0.2) is 23.6 Å². The summed E-state index contributed by atoms with van der Waals surface area (Å²) < 4.78 is 86.5. The van der Waals surface area contributed by atoms with Gasteiger partial charge in [-0.1, -0.05) is 136 Å². The topological polar surface area (TPSA) is 314 Å². The molecule has 8 heterocycles. The van der Waals surface area contributed by atoms with Gasteiger partial charge in [-0.3, -0.25) is 33.9 Å². The smallest absolute Gasteiger partial charge is 0.410 e. The number of hydrogen-bond donors (Lipinski definition) is 1. The van der Waals surface area contributed by atoms with Crippen molar-refractivity contribution in [3.8, 4) is 0 Å². The lowest BCUT2D eigenvalue weighted by molar-refractivity contribution is -0.295. The molecule has 0 aliphatic carbocycles. The molecule has 6 aliphatic rings. The lowest BCUT2D eigenvalue weighted by atomic mass is 9.72. The normalized spacial score (nSPS) is 35.5. The number of benzene rings is 3. The predicted octanol–water partition coefficient (Wildman–Crippen LogP) is 14.3. The van der Waals surface area contributed by atoms with Gasteiger partial charge in [-0.2, -0.15) is 0 Å². The molecular formula is C97H137FN6O21. The maximum absolute atomic E-state index is 17.0. The van der Waals surface area contributed by atoms with Crippen LogP contribution in [0.4, 0.5) is 14.0 Å². The molecule has 2 aromatic heterocycles. The minimum atomic E-state index is -3.17. The van der Waals surface area contributed by atoms with E-state index in [0.29, 0.717) is 57.1 Å². The quantitative estimate of drug-likeness (QED) is 0.0260. The zero-order valence-electron chi connectivity index (χ0n) is 77.4. The first kappa shape index (κ1) is 98.9. The molecule has 26 atom stereocenters. The number of Topliss-reactive ketones (excluding diaryl/α,β-unsaturated/α-hetero) is 4. The van der Waals surface area contributed by atoms with Crippen LogP contribution < -0.4 is 0 Å². The van der Waals surface area contributed by atoms with E-state index in [9.17, 15) is 43.5 Å². The van der Waals surface area contributed by atoms with Gasteiger partial charge in [0.1, 0.15) is 35.8 Å². The largest absolute Gasteiger partial charge is 0.457 e. The third kappa shape index (κ3) is 21.2. The number of likely N-dealkylation sites (N-methyl/N-ethyl adjacent to an activating group) is 2. The van der Waals surface area contributed by atoms with Crippen LogP contribution in [0.1, 0.15) is 210 Å². The number of methoxy groups -OCH3 is 2. The molecule has 2 amide bonds. The molecule has 0 radical (unpaired) electrons. The summed E-state index contributed by atoms with van der Waals surface area (Å²) in [6, 6.07) is 30.2. The number of amides is 2. The Hall–Kier alpha value is -8.32. The number of fused-ring (bicyclic) bond motifs is 4. The van der Waals surface area contributed by atoms with Crippen LogP contribution >= 0.6 is 0 Å². The van der Waals surface area contributed by atoms with Gasteiger partial charge in [-0.15, -0.1) is 0 Å². The fraction of sp³-hybridized carbons (Fsp3) is 0.660. The van der Waals surface area contributed by atoms with E-state index < -0.39 is 172 Å². The van der Waals surface area contributed by atoms with E-state index in [4.69, 9.17) is 62.1 Å². The highest BCUT2D eigenvalue weighted by atomic mass is 19.1. The molecule has 688 valence electrons. The highest BCUT2D eigenvalue weighted by molar-refractivity contribution is 6.08. The molecular weight excluding hydrogens is 1600 g/mol. The van der Waals surface area contributed by atoms with E-state index in [0.717, 1.165) is 46.5 Å². The molecule has 11 rings (SSSR count). The van der Waals surface area contributed by atoms with Crippen LogP contribution in [-0.4, -0.2) is 257 Å². The highest BCUT2D eigenvalue weighted by Crippen LogP contribution is 2.49. The van der Waals surface area contributed by atoms with Gasteiger partial charge in [0.2, 0.25) is 0 Å². The summed E-state index contributed by atoms with van der Waals surface area (Å²) in [6.07, 6.45) is -5.15. The van der Waals surface area contributed by atoms with Gasteiger partial charge in [0.15, 0.2) is 41.5 Å². The van der Waals surface area contributed by atoms with Crippen molar-refractivity contribution in [2.24, 2.45) is 41.4 Å². The van der Waals surface area contributed by atoms with Gasteiger partial charge in [0, 0.05) is 91.0 Å². The number of halogens is 1. The Bertz CT molecular complexity index is 4580. The average Bonchev–Trinajstić information content (AvgIpc) is 1.59. The number of unbranched alkanes of at least 4 members (excludes halogenated alkanes) is 2. The number of aliphatic hydroxyl groups excluding tert-OH is 1. The number of aromatic nitrogens is 2. The van der Waals surface area contributed by atoms with Crippen molar-refractivity contribution >= 4 is 75.0 Å². The summed E-state index contributed by atoms with van der Waals surface area (Å²) in [5.74, 6) is -11.4. The Labute approximate surface area is 737 Å². The minimum absolute atomic E-state index is 0.00843.